The Labute approximate surface area is 115 Å². The topological polar surface area (TPSA) is 61.8 Å². The SMILES string of the molecule is Cc1ccc2c(c1)[C@H]1C[C@@]3(COC(=O)O3)CC1C(=O)O2. The molecule has 5 heteroatoms. The average Bonchev–Trinajstić information content (AvgIpc) is 2.95. The highest BCUT2D eigenvalue weighted by Gasteiger charge is 2.57. The minimum Gasteiger partial charge on any atom is -0.430 e. The number of esters is 1. The van der Waals surface area contributed by atoms with E-state index in [9.17, 15) is 9.59 Å². The second-order valence-electron chi connectivity index (χ2n) is 5.91. The summed E-state index contributed by atoms with van der Waals surface area (Å²) in [6.07, 6.45) is 0.464. The number of rotatable bonds is 0. The third-order valence-corrected chi connectivity index (χ3v) is 4.50. The van der Waals surface area contributed by atoms with Gasteiger partial charge in [0.1, 0.15) is 12.4 Å². The monoisotopic (exact) mass is 274 g/mol. The van der Waals surface area contributed by atoms with Crippen LogP contribution in [-0.2, 0) is 14.3 Å². The van der Waals surface area contributed by atoms with Gasteiger partial charge in [-0.3, -0.25) is 4.79 Å². The third-order valence-electron chi connectivity index (χ3n) is 4.50. The van der Waals surface area contributed by atoms with Crippen molar-refractivity contribution < 1.29 is 23.8 Å². The van der Waals surface area contributed by atoms with E-state index in [1.807, 2.05) is 19.1 Å². The van der Waals surface area contributed by atoms with Crippen molar-refractivity contribution in [1.82, 2.24) is 0 Å². The molecular formula is C15H14O5. The molecular weight excluding hydrogens is 260 g/mol. The van der Waals surface area contributed by atoms with Crippen molar-refractivity contribution in [2.75, 3.05) is 6.61 Å². The van der Waals surface area contributed by atoms with E-state index in [0.717, 1.165) is 11.1 Å². The van der Waals surface area contributed by atoms with Gasteiger partial charge < -0.3 is 14.2 Å². The first kappa shape index (κ1) is 11.8. The van der Waals surface area contributed by atoms with Gasteiger partial charge in [-0.1, -0.05) is 17.7 Å². The van der Waals surface area contributed by atoms with Crippen LogP contribution in [0, 0.1) is 12.8 Å². The number of hydrogen-bond donors (Lipinski definition) is 0. The number of aryl methyl sites for hydroxylation is 1. The van der Waals surface area contributed by atoms with Crippen molar-refractivity contribution in [1.29, 1.82) is 0 Å². The van der Waals surface area contributed by atoms with Crippen LogP contribution in [0.25, 0.3) is 0 Å². The summed E-state index contributed by atoms with van der Waals surface area (Å²) >= 11 is 0. The highest BCUT2D eigenvalue weighted by Crippen LogP contribution is 2.53. The number of cyclic esters (lactones) is 1. The Bertz CT molecular complexity index is 623. The Morgan fingerprint density at radius 3 is 2.75 bits per heavy atom. The first-order valence-electron chi connectivity index (χ1n) is 6.74. The molecule has 0 amide bonds. The third kappa shape index (κ3) is 1.55. The van der Waals surface area contributed by atoms with Gasteiger partial charge in [-0.05, 0) is 25.0 Å². The molecule has 2 fully saturated rings. The molecule has 3 atom stereocenters. The normalized spacial score (nSPS) is 34.2. The molecule has 104 valence electrons. The Morgan fingerprint density at radius 1 is 1.20 bits per heavy atom. The Kier molecular flexibility index (Phi) is 2.20. The molecule has 4 rings (SSSR count). The highest BCUT2D eigenvalue weighted by atomic mass is 16.8. The summed E-state index contributed by atoms with van der Waals surface area (Å²) in [5.74, 6) is 0.190. The van der Waals surface area contributed by atoms with Crippen LogP contribution < -0.4 is 4.74 Å². The average molecular weight is 274 g/mol. The lowest BCUT2D eigenvalue weighted by molar-refractivity contribution is -0.141. The van der Waals surface area contributed by atoms with E-state index in [4.69, 9.17) is 14.2 Å². The number of benzene rings is 1. The van der Waals surface area contributed by atoms with Crippen LogP contribution in [0.4, 0.5) is 4.79 Å². The van der Waals surface area contributed by atoms with E-state index in [-0.39, 0.29) is 24.4 Å². The van der Waals surface area contributed by atoms with Crippen LogP contribution in [-0.4, -0.2) is 24.3 Å². The molecule has 20 heavy (non-hydrogen) atoms. The lowest BCUT2D eigenvalue weighted by Crippen LogP contribution is -2.30. The van der Waals surface area contributed by atoms with Crippen molar-refractivity contribution in [3.63, 3.8) is 0 Å². The van der Waals surface area contributed by atoms with Crippen molar-refractivity contribution in [2.24, 2.45) is 5.92 Å². The summed E-state index contributed by atoms with van der Waals surface area (Å²) in [6.45, 7) is 2.24. The van der Waals surface area contributed by atoms with Gasteiger partial charge in [-0.2, -0.15) is 0 Å². The number of fused-ring (bicyclic) bond motifs is 3. The predicted octanol–water partition coefficient (Wildman–Crippen LogP) is 2.31. The molecule has 1 saturated carbocycles. The van der Waals surface area contributed by atoms with Crippen LogP contribution in [0.2, 0.25) is 0 Å². The molecule has 1 aromatic carbocycles. The van der Waals surface area contributed by atoms with Crippen LogP contribution in [0.5, 0.6) is 5.75 Å². The number of hydrogen-bond acceptors (Lipinski definition) is 5. The van der Waals surface area contributed by atoms with E-state index < -0.39 is 11.8 Å². The van der Waals surface area contributed by atoms with Gasteiger partial charge >= 0.3 is 12.1 Å². The maximum atomic E-state index is 12.1. The first-order chi connectivity index (χ1) is 9.56. The molecule has 1 unspecified atom stereocenters. The number of carbonyl (C=O) groups excluding carboxylic acids is 2. The second-order valence-corrected chi connectivity index (χ2v) is 5.91. The zero-order valence-electron chi connectivity index (χ0n) is 11.0. The van der Waals surface area contributed by atoms with E-state index in [2.05, 4.69) is 6.07 Å². The summed E-state index contributed by atoms with van der Waals surface area (Å²) in [5.41, 5.74) is 1.51. The van der Waals surface area contributed by atoms with Gasteiger partial charge in [0.05, 0.1) is 5.92 Å². The van der Waals surface area contributed by atoms with Gasteiger partial charge in [-0.15, -0.1) is 0 Å². The maximum absolute atomic E-state index is 12.1. The van der Waals surface area contributed by atoms with Crippen LogP contribution in [0.15, 0.2) is 18.2 Å². The second kappa shape index (κ2) is 3.75. The summed E-state index contributed by atoms with van der Waals surface area (Å²) < 4.78 is 15.7. The van der Waals surface area contributed by atoms with E-state index in [1.165, 1.54) is 0 Å². The Balaban J connectivity index is 1.75. The quantitative estimate of drug-likeness (QED) is 0.536. The van der Waals surface area contributed by atoms with Gasteiger partial charge in [0.2, 0.25) is 0 Å². The maximum Gasteiger partial charge on any atom is 0.509 e. The highest BCUT2D eigenvalue weighted by molar-refractivity contribution is 5.80. The molecule has 1 saturated heterocycles. The fraction of sp³-hybridized carbons (Fsp3) is 0.467. The lowest BCUT2D eigenvalue weighted by atomic mass is 9.85. The molecule has 1 spiro atoms. The minimum absolute atomic E-state index is 0.0423. The molecule has 0 bridgehead atoms. The summed E-state index contributed by atoms with van der Waals surface area (Å²) in [7, 11) is 0. The van der Waals surface area contributed by atoms with Crippen molar-refractivity contribution in [3.8, 4) is 5.75 Å². The van der Waals surface area contributed by atoms with E-state index in [1.54, 1.807) is 0 Å². The van der Waals surface area contributed by atoms with Crippen LogP contribution >= 0.6 is 0 Å². The van der Waals surface area contributed by atoms with Gasteiger partial charge in [0.15, 0.2) is 5.60 Å². The number of ether oxygens (including phenoxy) is 3. The molecule has 2 aliphatic heterocycles. The molecule has 0 N–H and O–H groups in total. The van der Waals surface area contributed by atoms with Gasteiger partial charge in [0, 0.05) is 12.3 Å². The first-order valence-corrected chi connectivity index (χ1v) is 6.74. The molecule has 0 aromatic heterocycles. The van der Waals surface area contributed by atoms with Crippen LogP contribution in [0.3, 0.4) is 0 Å². The van der Waals surface area contributed by atoms with E-state index >= 15 is 0 Å². The van der Waals surface area contributed by atoms with Gasteiger partial charge in [-0.25, -0.2) is 4.79 Å². The fourth-order valence-electron chi connectivity index (χ4n) is 3.61. The molecule has 1 aliphatic carbocycles. The minimum atomic E-state index is -0.656. The summed E-state index contributed by atoms with van der Waals surface area (Å²) in [5, 5.41) is 0. The van der Waals surface area contributed by atoms with Crippen molar-refractivity contribution in [3.05, 3.63) is 29.3 Å². The molecule has 0 radical (unpaired) electrons. The lowest BCUT2D eigenvalue weighted by Gasteiger charge is -2.26. The van der Waals surface area contributed by atoms with Crippen LogP contribution in [0.1, 0.15) is 29.9 Å². The predicted molar refractivity (Wildman–Crippen MR) is 67.4 cm³/mol. The zero-order chi connectivity index (χ0) is 13.9. The fourth-order valence-corrected chi connectivity index (χ4v) is 3.61. The van der Waals surface area contributed by atoms with E-state index in [0.29, 0.717) is 18.6 Å². The van der Waals surface area contributed by atoms with Crippen molar-refractivity contribution in [2.45, 2.75) is 31.3 Å². The summed E-state index contributed by atoms with van der Waals surface area (Å²) in [4.78, 5) is 23.4. The standard InChI is InChI=1S/C15H14O5/c1-8-2-3-12-9(4-8)10-5-15(7-18-14(17)20-15)6-11(10)13(16)19-12/h2-4,10-11H,5-7H2,1H3/t10-,11?,15+/m1/s1. The zero-order valence-corrected chi connectivity index (χ0v) is 11.0. The largest absolute Gasteiger partial charge is 0.509 e. The smallest absolute Gasteiger partial charge is 0.430 e. The Morgan fingerprint density at radius 2 is 2.00 bits per heavy atom. The van der Waals surface area contributed by atoms with Crippen molar-refractivity contribution >= 4 is 12.1 Å². The number of carbonyl (C=O) groups is 2. The molecule has 3 aliphatic rings. The molecule has 1 aromatic rings. The summed E-state index contributed by atoms with van der Waals surface area (Å²) in [6, 6.07) is 5.81. The Hall–Kier alpha value is -2.04. The van der Waals surface area contributed by atoms with Gasteiger partial charge in [0.25, 0.3) is 0 Å². The molecule has 5 nitrogen and oxygen atoms in total. The molecule has 2 heterocycles.